The lowest BCUT2D eigenvalue weighted by molar-refractivity contribution is -0.121. The maximum absolute atomic E-state index is 11.3. The molecule has 2 heterocycles. The fourth-order valence-corrected chi connectivity index (χ4v) is 3.85. The minimum absolute atomic E-state index is 0.322. The van der Waals surface area contributed by atoms with Gasteiger partial charge in [-0.3, -0.25) is 9.69 Å². The fraction of sp³-hybridized carbons (Fsp3) is 0.900. The highest BCUT2D eigenvalue weighted by Gasteiger charge is 2.29. The summed E-state index contributed by atoms with van der Waals surface area (Å²) in [6.07, 6.45) is 2.78. The fourth-order valence-electron chi connectivity index (χ4n) is 2.38. The molecule has 0 spiro atoms. The van der Waals surface area contributed by atoms with Crippen LogP contribution >= 0.6 is 0 Å². The Labute approximate surface area is 90.6 Å². The molecule has 0 bridgehead atoms. The van der Waals surface area contributed by atoms with E-state index in [-0.39, 0.29) is 0 Å². The molecule has 2 rings (SSSR count). The van der Waals surface area contributed by atoms with Crippen LogP contribution in [0.2, 0.25) is 0 Å². The van der Waals surface area contributed by atoms with Gasteiger partial charge in [0.05, 0.1) is 11.5 Å². The van der Waals surface area contributed by atoms with Crippen molar-refractivity contribution in [2.75, 3.05) is 24.6 Å². The number of hydrogen-bond acceptors (Lipinski definition) is 4. The van der Waals surface area contributed by atoms with Crippen molar-refractivity contribution in [1.82, 2.24) is 4.90 Å². The molecule has 0 aromatic heterocycles. The van der Waals surface area contributed by atoms with Crippen LogP contribution in [0.15, 0.2) is 0 Å². The number of sulfone groups is 1. The average Bonchev–Trinajstić information content (AvgIpc) is 2.20. The summed E-state index contributed by atoms with van der Waals surface area (Å²) in [5.74, 6) is 0.985. The van der Waals surface area contributed by atoms with Crippen molar-refractivity contribution in [2.24, 2.45) is 0 Å². The summed E-state index contributed by atoms with van der Waals surface area (Å²) in [4.78, 5) is 13.4. The molecule has 2 aliphatic rings. The van der Waals surface area contributed by atoms with Gasteiger partial charge in [-0.2, -0.15) is 0 Å². The minimum atomic E-state index is -2.76. The minimum Gasteiger partial charge on any atom is -0.300 e. The van der Waals surface area contributed by atoms with E-state index in [1.807, 2.05) is 0 Å². The third-order valence-corrected chi connectivity index (χ3v) is 5.11. The van der Waals surface area contributed by atoms with Crippen LogP contribution < -0.4 is 0 Å². The van der Waals surface area contributed by atoms with Crippen molar-refractivity contribution in [2.45, 2.75) is 31.7 Å². The molecule has 0 aliphatic carbocycles. The molecule has 2 saturated heterocycles. The summed E-state index contributed by atoms with van der Waals surface area (Å²) < 4.78 is 22.5. The summed E-state index contributed by atoms with van der Waals surface area (Å²) in [5, 5.41) is 0. The van der Waals surface area contributed by atoms with Crippen molar-refractivity contribution in [3.8, 4) is 0 Å². The topological polar surface area (TPSA) is 54.5 Å². The molecule has 5 heteroatoms. The number of nitrogens with zero attached hydrogens (tertiary/aromatic N) is 1. The van der Waals surface area contributed by atoms with Crippen molar-refractivity contribution in [3.05, 3.63) is 0 Å². The molecule has 0 saturated carbocycles. The monoisotopic (exact) mass is 231 g/mol. The van der Waals surface area contributed by atoms with Gasteiger partial charge in [0.15, 0.2) is 0 Å². The first-order chi connectivity index (χ1) is 7.07. The lowest BCUT2D eigenvalue weighted by atomic mass is 10.0. The number of piperidine rings is 1. The molecule has 0 N–H and O–H groups in total. The highest BCUT2D eigenvalue weighted by atomic mass is 32.2. The van der Waals surface area contributed by atoms with E-state index >= 15 is 0 Å². The number of rotatable bonds is 1. The molecule has 2 aliphatic heterocycles. The van der Waals surface area contributed by atoms with Gasteiger partial charge in [0.2, 0.25) is 0 Å². The van der Waals surface area contributed by atoms with Crippen LogP contribution in [0.5, 0.6) is 0 Å². The van der Waals surface area contributed by atoms with E-state index in [9.17, 15) is 13.2 Å². The summed E-state index contributed by atoms with van der Waals surface area (Å²) in [6, 6.07) is 0.390. The van der Waals surface area contributed by atoms with Gasteiger partial charge in [0, 0.05) is 32.0 Å². The Morgan fingerprint density at radius 1 is 1.07 bits per heavy atom. The molecule has 4 nitrogen and oxygen atoms in total. The van der Waals surface area contributed by atoms with Crippen LogP contribution in [0.3, 0.4) is 0 Å². The quantitative estimate of drug-likeness (QED) is 0.648. The van der Waals surface area contributed by atoms with Crippen LogP contribution in [0.4, 0.5) is 0 Å². The van der Waals surface area contributed by atoms with Gasteiger partial charge in [-0.15, -0.1) is 0 Å². The normalized spacial score (nSPS) is 29.2. The highest BCUT2D eigenvalue weighted by molar-refractivity contribution is 7.91. The second-order valence-corrected chi connectivity index (χ2v) is 6.76. The molecular formula is C10H17NO3S. The summed E-state index contributed by atoms with van der Waals surface area (Å²) >= 11 is 0. The zero-order chi connectivity index (χ0) is 10.9. The second kappa shape index (κ2) is 4.22. The molecule has 0 aromatic carbocycles. The number of carbonyl (C=O) groups is 1. The average molecular weight is 231 g/mol. The van der Waals surface area contributed by atoms with Crippen molar-refractivity contribution in [1.29, 1.82) is 0 Å². The number of carbonyl (C=O) groups excluding carboxylic acids is 1. The first kappa shape index (κ1) is 11.1. The maximum atomic E-state index is 11.3. The Morgan fingerprint density at radius 3 is 2.13 bits per heavy atom. The lowest BCUT2D eigenvalue weighted by Gasteiger charge is -2.36. The van der Waals surface area contributed by atoms with E-state index in [4.69, 9.17) is 0 Å². The molecular weight excluding hydrogens is 214 g/mol. The van der Waals surface area contributed by atoms with E-state index < -0.39 is 9.84 Å². The van der Waals surface area contributed by atoms with E-state index in [0.29, 0.717) is 36.2 Å². The molecule has 86 valence electrons. The van der Waals surface area contributed by atoms with Gasteiger partial charge in [-0.25, -0.2) is 8.42 Å². The van der Waals surface area contributed by atoms with Crippen LogP contribution in [0.1, 0.15) is 25.7 Å². The first-order valence-corrected chi connectivity index (χ1v) is 7.35. The Bertz CT molecular complexity index is 326. The molecule has 0 radical (unpaired) electrons. The van der Waals surface area contributed by atoms with Gasteiger partial charge in [-0.05, 0) is 12.8 Å². The standard InChI is InChI=1S/C10H17NO3S/c12-10-1-5-11(6-2-10)9-3-7-15(13,14)8-4-9/h9H,1-8H2. The summed E-state index contributed by atoms with van der Waals surface area (Å²) in [7, 11) is -2.76. The Kier molecular flexibility index (Phi) is 3.11. The Morgan fingerprint density at radius 2 is 1.60 bits per heavy atom. The lowest BCUT2D eigenvalue weighted by Crippen LogP contribution is -2.45. The molecule has 0 unspecified atom stereocenters. The number of likely N-dealkylation sites (tertiary alicyclic amines) is 1. The SMILES string of the molecule is O=C1CCN(C2CCS(=O)(=O)CC2)CC1. The zero-order valence-corrected chi connectivity index (χ0v) is 9.63. The van der Waals surface area contributed by atoms with Crippen molar-refractivity contribution in [3.63, 3.8) is 0 Å². The van der Waals surface area contributed by atoms with Gasteiger partial charge in [0.1, 0.15) is 15.6 Å². The largest absolute Gasteiger partial charge is 0.300 e. The molecule has 2 fully saturated rings. The third-order valence-electron chi connectivity index (χ3n) is 3.40. The third kappa shape index (κ3) is 2.78. The molecule has 15 heavy (non-hydrogen) atoms. The summed E-state index contributed by atoms with van der Waals surface area (Å²) in [5.41, 5.74) is 0. The van der Waals surface area contributed by atoms with Crippen LogP contribution in [-0.2, 0) is 14.6 Å². The predicted molar refractivity (Wildman–Crippen MR) is 57.5 cm³/mol. The van der Waals surface area contributed by atoms with Crippen molar-refractivity contribution < 1.29 is 13.2 Å². The molecule has 0 atom stereocenters. The van der Waals surface area contributed by atoms with E-state index in [1.54, 1.807) is 0 Å². The predicted octanol–water partition coefficient (Wildman–Crippen LogP) is 0.229. The number of ketones is 1. The first-order valence-electron chi connectivity index (χ1n) is 5.53. The Balaban J connectivity index is 1.88. The van der Waals surface area contributed by atoms with Crippen molar-refractivity contribution >= 4 is 15.6 Å². The van der Waals surface area contributed by atoms with Gasteiger partial charge in [-0.1, -0.05) is 0 Å². The van der Waals surface area contributed by atoms with E-state index in [1.165, 1.54) is 0 Å². The number of Topliss-reactive ketones (excluding diaryl/α,β-unsaturated/α-hetero) is 1. The van der Waals surface area contributed by atoms with Gasteiger partial charge in [0.25, 0.3) is 0 Å². The smallest absolute Gasteiger partial charge is 0.150 e. The second-order valence-electron chi connectivity index (χ2n) is 4.46. The highest BCUT2D eigenvalue weighted by Crippen LogP contribution is 2.20. The van der Waals surface area contributed by atoms with Gasteiger partial charge < -0.3 is 0 Å². The zero-order valence-electron chi connectivity index (χ0n) is 8.81. The van der Waals surface area contributed by atoms with E-state index in [2.05, 4.69) is 4.90 Å². The maximum Gasteiger partial charge on any atom is 0.150 e. The number of hydrogen-bond donors (Lipinski definition) is 0. The summed E-state index contributed by atoms with van der Waals surface area (Å²) in [6.45, 7) is 1.65. The molecule has 0 aromatic rings. The molecule has 0 amide bonds. The Hall–Kier alpha value is -0.420. The van der Waals surface area contributed by atoms with Crippen LogP contribution in [0.25, 0.3) is 0 Å². The van der Waals surface area contributed by atoms with Crippen LogP contribution in [-0.4, -0.2) is 49.7 Å². The van der Waals surface area contributed by atoms with Gasteiger partial charge >= 0.3 is 0 Å². The van der Waals surface area contributed by atoms with E-state index in [0.717, 1.165) is 25.9 Å². The van der Waals surface area contributed by atoms with Crippen LogP contribution in [0, 0.1) is 0 Å².